The maximum absolute atomic E-state index is 5.65. The number of hydrogen-bond donors (Lipinski definition) is 2. The largest absolute Gasteiger partial charge is 0.271 e. The molecule has 0 aliphatic rings. The van der Waals surface area contributed by atoms with Crippen molar-refractivity contribution in [1.82, 2.24) is 15.2 Å². The van der Waals surface area contributed by atoms with Gasteiger partial charge in [-0.25, -0.2) is 0 Å². The molecule has 0 spiro atoms. The first-order valence-electron chi connectivity index (χ1n) is 5.76. The van der Waals surface area contributed by atoms with E-state index in [0.29, 0.717) is 0 Å². The van der Waals surface area contributed by atoms with E-state index >= 15 is 0 Å². The van der Waals surface area contributed by atoms with Gasteiger partial charge >= 0.3 is 0 Å². The van der Waals surface area contributed by atoms with Crippen LogP contribution >= 0.6 is 11.3 Å². The highest BCUT2D eigenvalue weighted by molar-refractivity contribution is 7.09. The van der Waals surface area contributed by atoms with E-state index in [4.69, 9.17) is 5.84 Å². The highest BCUT2D eigenvalue weighted by Crippen LogP contribution is 2.21. The number of nitrogens with two attached hydrogens (primary N) is 1. The van der Waals surface area contributed by atoms with Crippen LogP contribution in [0, 0.1) is 0 Å². The minimum Gasteiger partial charge on any atom is -0.271 e. The van der Waals surface area contributed by atoms with Crippen LogP contribution in [0.4, 0.5) is 0 Å². The van der Waals surface area contributed by atoms with Crippen molar-refractivity contribution in [2.45, 2.75) is 25.8 Å². The smallest absolute Gasteiger partial charge is 0.0677 e. The molecule has 1 atom stereocenters. The van der Waals surface area contributed by atoms with Crippen molar-refractivity contribution in [2.75, 3.05) is 0 Å². The fraction of sp³-hybridized carbons (Fsp3) is 0.417. The number of aromatic nitrogens is 2. The van der Waals surface area contributed by atoms with Gasteiger partial charge in [0.05, 0.1) is 17.4 Å². The third-order valence-electron chi connectivity index (χ3n) is 2.87. The zero-order chi connectivity index (χ0) is 12.3. The summed E-state index contributed by atoms with van der Waals surface area (Å²) >= 11 is 1.75. The predicted molar refractivity (Wildman–Crippen MR) is 70.7 cm³/mol. The van der Waals surface area contributed by atoms with Gasteiger partial charge in [-0.15, -0.1) is 11.3 Å². The zero-order valence-electron chi connectivity index (χ0n) is 10.2. The van der Waals surface area contributed by atoms with Crippen molar-refractivity contribution in [2.24, 2.45) is 12.9 Å². The van der Waals surface area contributed by atoms with Crippen molar-refractivity contribution in [3.8, 4) is 0 Å². The first-order chi connectivity index (χ1) is 8.24. The highest BCUT2D eigenvalue weighted by atomic mass is 32.1. The van der Waals surface area contributed by atoms with E-state index in [1.807, 2.05) is 11.7 Å². The SMILES string of the molecule is CCc1cc(C(Cc2cccs2)NN)n(C)n1. The van der Waals surface area contributed by atoms with Crippen molar-refractivity contribution in [3.05, 3.63) is 39.8 Å². The van der Waals surface area contributed by atoms with Crippen LogP contribution in [0.2, 0.25) is 0 Å². The van der Waals surface area contributed by atoms with Gasteiger partial charge in [0, 0.05) is 18.3 Å². The lowest BCUT2D eigenvalue weighted by Crippen LogP contribution is -2.30. The van der Waals surface area contributed by atoms with Gasteiger partial charge < -0.3 is 0 Å². The molecule has 3 N–H and O–H groups in total. The van der Waals surface area contributed by atoms with Crippen LogP contribution in [0.15, 0.2) is 23.6 Å². The molecular weight excluding hydrogens is 232 g/mol. The minimum atomic E-state index is 0.117. The molecule has 0 amide bonds. The van der Waals surface area contributed by atoms with Crippen molar-refractivity contribution in [3.63, 3.8) is 0 Å². The molecule has 0 aliphatic carbocycles. The van der Waals surface area contributed by atoms with E-state index in [1.54, 1.807) is 11.3 Å². The van der Waals surface area contributed by atoms with Gasteiger partial charge in [-0.3, -0.25) is 16.0 Å². The van der Waals surface area contributed by atoms with E-state index < -0.39 is 0 Å². The zero-order valence-corrected chi connectivity index (χ0v) is 11.0. The molecule has 0 aliphatic heterocycles. The maximum atomic E-state index is 5.65. The summed E-state index contributed by atoms with van der Waals surface area (Å²) in [6.07, 6.45) is 1.85. The molecule has 0 radical (unpaired) electrons. The Kier molecular flexibility index (Phi) is 3.93. The Hall–Kier alpha value is -1.17. The Morgan fingerprint density at radius 2 is 2.41 bits per heavy atom. The van der Waals surface area contributed by atoms with Crippen LogP contribution in [0.3, 0.4) is 0 Å². The summed E-state index contributed by atoms with van der Waals surface area (Å²) in [4.78, 5) is 1.33. The second kappa shape index (κ2) is 5.44. The van der Waals surface area contributed by atoms with Crippen LogP contribution in [-0.2, 0) is 19.9 Å². The van der Waals surface area contributed by atoms with Crippen molar-refractivity contribution in [1.29, 1.82) is 0 Å². The molecule has 5 heteroatoms. The number of thiophene rings is 1. The first-order valence-corrected chi connectivity index (χ1v) is 6.64. The van der Waals surface area contributed by atoms with Gasteiger partial charge in [0.25, 0.3) is 0 Å². The van der Waals surface area contributed by atoms with Crippen molar-refractivity contribution >= 4 is 11.3 Å². The van der Waals surface area contributed by atoms with Gasteiger partial charge in [-0.05, 0) is 23.9 Å². The molecule has 17 heavy (non-hydrogen) atoms. The summed E-state index contributed by atoms with van der Waals surface area (Å²) in [5, 5.41) is 6.54. The first kappa shape index (κ1) is 12.3. The van der Waals surface area contributed by atoms with E-state index in [1.165, 1.54) is 4.88 Å². The van der Waals surface area contributed by atoms with E-state index in [9.17, 15) is 0 Å². The monoisotopic (exact) mass is 250 g/mol. The summed E-state index contributed by atoms with van der Waals surface area (Å²) in [7, 11) is 1.97. The average molecular weight is 250 g/mol. The summed E-state index contributed by atoms with van der Waals surface area (Å²) in [5.41, 5.74) is 5.12. The number of hydrogen-bond acceptors (Lipinski definition) is 4. The van der Waals surface area contributed by atoms with Crippen LogP contribution in [0.5, 0.6) is 0 Å². The van der Waals surface area contributed by atoms with Gasteiger partial charge in [0.2, 0.25) is 0 Å². The van der Waals surface area contributed by atoms with Gasteiger partial charge in [-0.1, -0.05) is 13.0 Å². The lowest BCUT2D eigenvalue weighted by Gasteiger charge is -2.15. The Morgan fingerprint density at radius 3 is 2.94 bits per heavy atom. The average Bonchev–Trinajstić information content (AvgIpc) is 2.95. The molecule has 2 heterocycles. The molecule has 0 fully saturated rings. The Labute approximate surface area is 105 Å². The Bertz CT molecular complexity index is 461. The number of hydrazine groups is 1. The predicted octanol–water partition coefficient (Wildman–Crippen LogP) is 1.79. The number of nitrogens with zero attached hydrogens (tertiary/aromatic N) is 2. The fourth-order valence-corrected chi connectivity index (χ4v) is 2.67. The summed E-state index contributed by atoms with van der Waals surface area (Å²) in [6.45, 7) is 2.11. The molecule has 92 valence electrons. The summed E-state index contributed by atoms with van der Waals surface area (Å²) in [5.74, 6) is 5.65. The third-order valence-corrected chi connectivity index (χ3v) is 3.77. The molecule has 1 unspecified atom stereocenters. The molecule has 0 aromatic carbocycles. The van der Waals surface area contributed by atoms with Gasteiger partial charge in [0.1, 0.15) is 0 Å². The summed E-state index contributed by atoms with van der Waals surface area (Å²) in [6, 6.07) is 6.44. The molecule has 2 aromatic rings. The standard InChI is InChI=1S/C12H18N4S/c1-3-9-7-12(16(2)15-9)11(14-13)8-10-5-4-6-17-10/h4-7,11,14H,3,8,13H2,1-2H3. The topological polar surface area (TPSA) is 55.9 Å². The molecule has 4 nitrogen and oxygen atoms in total. The van der Waals surface area contributed by atoms with Crippen LogP contribution in [-0.4, -0.2) is 9.78 Å². The van der Waals surface area contributed by atoms with Crippen molar-refractivity contribution < 1.29 is 0 Å². The molecule has 2 aromatic heterocycles. The second-order valence-electron chi connectivity index (χ2n) is 4.04. The minimum absolute atomic E-state index is 0.117. The molecule has 2 rings (SSSR count). The van der Waals surface area contributed by atoms with Crippen LogP contribution in [0.1, 0.15) is 29.2 Å². The molecular formula is C12H18N4S. The molecule has 0 bridgehead atoms. The third kappa shape index (κ3) is 2.74. The van der Waals surface area contributed by atoms with Gasteiger partial charge in [0.15, 0.2) is 0 Å². The molecule has 0 saturated carbocycles. The lowest BCUT2D eigenvalue weighted by atomic mass is 10.1. The number of aryl methyl sites for hydroxylation is 2. The fourth-order valence-electron chi connectivity index (χ4n) is 1.92. The lowest BCUT2D eigenvalue weighted by molar-refractivity contribution is 0.511. The summed E-state index contributed by atoms with van der Waals surface area (Å²) < 4.78 is 1.91. The van der Waals surface area contributed by atoms with Crippen LogP contribution < -0.4 is 11.3 Å². The van der Waals surface area contributed by atoms with Crippen LogP contribution in [0.25, 0.3) is 0 Å². The number of rotatable bonds is 5. The quantitative estimate of drug-likeness (QED) is 0.628. The normalized spacial score (nSPS) is 12.9. The van der Waals surface area contributed by atoms with Gasteiger partial charge in [-0.2, -0.15) is 5.10 Å². The Morgan fingerprint density at radius 1 is 1.59 bits per heavy atom. The molecule has 0 saturated heterocycles. The number of nitrogens with one attached hydrogen (secondary N) is 1. The maximum Gasteiger partial charge on any atom is 0.0677 e. The highest BCUT2D eigenvalue weighted by Gasteiger charge is 2.16. The van der Waals surface area contributed by atoms with E-state index in [2.05, 4.69) is 41.0 Å². The Balaban J connectivity index is 2.19. The second-order valence-corrected chi connectivity index (χ2v) is 5.07. The van der Waals surface area contributed by atoms with E-state index in [0.717, 1.165) is 24.2 Å². The van der Waals surface area contributed by atoms with E-state index in [-0.39, 0.29) is 6.04 Å².